The van der Waals surface area contributed by atoms with Crippen LogP contribution in [0.3, 0.4) is 0 Å². The summed E-state index contributed by atoms with van der Waals surface area (Å²) >= 11 is 0. The smallest absolute Gasteiger partial charge is 0.328 e. The number of carboxylic acids is 1. The minimum atomic E-state index is -1.32. The number of amides is 2. The first-order valence-electron chi connectivity index (χ1n) is 6.34. The predicted octanol–water partition coefficient (Wildman–Crippen LogP) is -0.216. The van der Waals surface area contributed by atoms with Gasteiger partial charge in [0.25, 0.3) is 17.5 Å². The van der Waals surface area contributed by atoms with E-state index < -0.39 is 34.4 Å². The zero-order chi connectivity index (χ0) is 17.6. The summed E-state index contributed by atoms with van der Waals surface area (Å²) in [6.07, 6.45) is 0. The Hall–Kier alpha value is -3.01. The summed E-state index contributed by atoms with van der Waals surface area (Å²) in [7, 11) is 2.60. The fourth-order valence-corrected chi connectivity index (χ4v) is 1.71. The first kappa shape index (κ1) is 18.0. The van der Waals surface area contributed by atoms with Gasteiger partial charge in [-0.15, -0.1) is 0 Å². The maximum absolute atomic E-state index is 12.1. The van der Waals surface area contributed by atoms with Gasteiger partial charge in [-0.3, -0.25) is 19.7 Å². The minimum absolute atomic E-state index is 0.0922. The van der Waals surface area contributed by atoms with Crippen molar-refractivity contribution in [3.05, 3.63) is 39.4 Å². The maximum Gasteiger partial charge on any atom is 0.328 e. The number of carbonyl (C=O) groups excluding carboxylic acids is 2. The molecule has 1 rings (SSSR count). The van der Waals surface area contributed by atoms with E-state index in [1.54, 1.807) is 0 Å². The number of nitro benzene ring substituents is 1. The van der Waals surface area contributed by atoms with Crippen molar-refractivity contribution >= 4 is 23.5 Å². The first-order valence-corrected chi connectivity index (χ1v) is 6.34. The molecule has 0 unspecified atom stereocenters. The van der Waals surface area contributed by atoms with Crippen LogP contribution in [0.15, 0.2) is 18.2 Å². The SMILES string of the molecule is CNC(=O)c1cc(C(=O)N[C@@H](COC)C(=O)O)cc([N+](=O)[O-])c1. The summed E-state index contributed by atoms with van der Waals surface area (Å²) in [6.45, 7) is -0.279. The lowest BCUT2D eigenvalue weighted by molar-refractivity contribution is -0.384. The highest BCUT2D eigenvalue weighted by molar-refractivity contribution is 6.01. The Morgan fingerprint density at radius 3 is 2.26 bits per heavy atom. The topological polar surface area (TPSA) is 148 Å². The van der Waals surface area contributed by atoms with Crippen molar-refractivity contribution in [2.24, 2.45) is 0 Å². The molecule has 0 aliphatic heterocycles. The Balaban J connectivity index is 3.16. The molecule has 0 aromatic heterocycles. The van der Waals surface area contributed by atoms with Crippen LogP contribution in [0, 0.1) is 10.1 Å². The van der Waals surface area contributed by atoms with E-state index in [4.69, 9.17) is 5.11 Å². The monoisotopic (exact) mass is 325 g/mol. The van der Waals surface area contributed by atoms with Crippen molar-refractivity contribution in [3.8, 4) is 0 Å². The molecule has 0 aliphatic carbocycles. The second-order valence-corrected chi connectivity index (χ2v) is 4.42. The van der Waals surface area contributed by atoms with Crippen LogP contribution in [-0.2, 0) is 9.53 Å². The molecule has 10 heteroatoms. The number of carbonyl (C=O) groups is 3. The molecule has 124 valence electrons. The average Bonchev–Trinajstić information content (AvgIpc) is 2.52. The van der Waals surface area contributed by atoms with Crippen LogP contribution in [-0.4, -0.2) is 54.6 Å². The quantitative estimate of drug-likeness (QED) is 0.463. The third kappa shape index (κ3) is 4.74. The number of nitrogens with zero attached hydrogens (tertiary/aromatic N) is 1. The number of nitrogens with one attached hydrogen (secondary N) is 2. The summed E-state index contributed by atoms with van der Waals surface area (Å²) in [6, 6.07) is 1.77. The minimum Gasteiger partial charge on any atom is -0.480 e. The van der Waals surface area contributed by atoms with Crippen molar-refractivity contribution in [1.82, 2.24) is 10.6 Å². The molecule has 0 radical (unpaired) electrons. The molecule has 2 amide bonds. The van der Waals surface area contributed by atoms with Crippen LogP contribution < -0.4 is 10.6 Å². The molecular formula is C13H15N3O7. The number of methoxy groups -OCH3 is 1. The van der Waals surface area contributed by atoms with Gasteiger partial charge in [0.2, 0.25) is 0 Å². The number of nitro groups is 1. The molecule has 0 spiro atoms. The molecule has 1 aromatic rings. The second kappa shape index (κ2) is 7.84. The fourth-order valence-electron chi connectivity index (χ4n) is 1.71. The standard InChI is InChI=1S/C13H15N3O7/c1-14-11(17)7-3-8(5-9(4-7)16(21)22)12(18)15-10(6-23-2)13(19)20/h3-5,10H,6H2,1-2H3,(H,14,17)(H,15,18)(H,19,20)/t10-/m0/s1. The Kier molecular flexibility index (Phi) is 6.15. The molecule has 0 heterocycles. The summed E-state index contributed by atoms with van der Waals surface area (Å²) in [5.74, 6) is -2.81. The molecule has 1 aromatic carbocycles. The molecule has 0 bridgehead atoms. The van der Waals surface area contributed by atoms with Gasteiger partial charge in [-0.05, 0) is 6.07 Å². The van der Waals surface area contributed by atoms with Gasteiger partial charge in [-0.25, -0.2) is 4.79 Å². The number of carboxylic acid groups (broad SMARTS) is 1. The molecule has 23 heavy (non-hydrogen) atoms. The van der Waals surface area contributed by atoms with E-state index in [0.29, 0.717) is 0 Å². The lowest BCUT2D eigenvalue weighted by Crippen LogP contribution is -2.43. The number of aliphatic carboxylic acids is 1. The van der Waals surface area contributed by atoms with Gasteiger partial charge >= 0.3 is 5.97 Å². The van der Waals surface area contributed by atoms with Crippen molar-refractivity contribution in [2.45, 2.75) is 6.04 Å². The molecule has 10 nitrogen and oxygen atoms in total. The third-order valence-electron chi connectivity index (χ3n) is 2.82. The number of hydrogen-bond acceptors (Lipinski definition) is 6. The molecule has 0 saturated carbocycles. The molecule has 0 saturated heterocycles. The third-order valence-corrected chi connectivity index (χ3v) is 2.82. The van der Waals surface area contributed by atoms with Gasteiger partial charge in [0.1, 0.15) is 0 Å². The van der Waals surface area contributed by atoms with E-state index in [1.165, 1.54) is 14.2 Å². The van der Waals surface area contributed by atoms with Crippen molar-refractivity contribution in [3.63, 3.8) is 0 Å². The van der Waals surface area contributed by atoms with Crippen LogP contribution >= 0.6 is 0 Å². The summed E-state index contributed by atoms with van der Waals surface area (Å²) in [5.41, 5.74) is -0.763. The number of benzene rings is 1. The van der Waals surface area contributed by atoms with Crippen LogP contribution in [0.2, 0.25) is 0 Å². The van der Waals surface area contributed by atoms with Crippen LogP contribution in [0.4, 0.5) is 5.69 Å². The molecule has 0 fully saturated rings. The van der Waals surface area contributed by atoms with Crippen molar-refractivity contribution in [1.29, 1.82) is 0 Å². The predicted molar refractivity (Wildman–Crippen MR) is 77.3 cm³/mol. The fraction of sp³-hybridized carbons (Fsp3) is 0.308. The van der Waals surface area contributed by atoms with E-state index in [9.17, 15) is 24.5 Å². The second-order valence-electron chi connectivity index (χ2n) is 4.42. The van der Waals surface area contributed by atoms with Crippen molar-refractivity contribution in [2.75, 3.05) is 20.8 Å². The van der Waals surface area contributed by atoms with Gasteiger partial charge in [0.15, 0.2) is 6.04 Å². The van der Waals surface area contributed by atoms with Gasteiger partial charge in [0, 0.05) is 37.4 Å². The summed E-state index contributed by atoms with van der Waals surface area (Å²) < 4.78 is 4.68. The van der Waals surface area contributed by atoms with Gasteiger partial charge < -0.3 is 20.5 Å². The number of ether oxygens (including phenoxy) is 1. The highest BCUT2D eigenvalue weighted by Gasteiger charge is 2.23. The van der Waals surface area contributed by atoms with Gasteiger partial charge in [-0.1, -0.05) is 0 Å². The van der Waals surface area contributed by atoms with E-state index in [0.717, 1.165) is 18.2 Å². The number of rotatable bonds is 7. The van der Waals surface area contributed by atoms with Crippen molar-refractivity contribution < 1.29 is 29.2 Å². The largest absolute Gasteiger partial charge is 0.480 e. The highest BCUT2D eigenvalue weighted by Crippen LogP contribution is 2.17. The molecular weight excluding hydrogens is 310 g/mol. The van der Waals surface area contributed by atoms with Gasteiger partial charge in [0.05, 0.1) is 11.5 Å². The van der Waals surface area contributed by atoms with E-state index in [1.807, 2.05) is 0 Å². The van der Waals surface area contributed by atoms with Crippen LogP contribution in [0.1, 0.15) is 20.7 Å². The number of non-ortho nitro benzene ring substituents is 1. The summed E-state index contributed by atoms with van der Waals surface area (Å²) in [4.78, 5) is 44.8. The molecule has 0 aliphatic rings. The lowest BCUT2D eigenvalue weighted by atomic mass is 10.1. The van der Waals surface area contributed by atoms with Crippen LogP contribution in [0.5, 0.6) is 0 Å². The molecule has 3 N–H and O–H groups in total. The Labute approximate surface area is 130 Å². The highest BCUT2D eigenvalue weighted by atomic mass is 16.6. The lowest BCUT2D eigenvalue weighted by Gasteiger charge is -2.13. The van der Waals surface area contributed by atoms with Gasteiger partial charge in [-0.2, -0.15) is 0 Å². The zero-order valence-electron chi connectivity index (χ0n) is 12.4. The normalized spacial score (nSPS) is 11.4. The first-order chi connectivity index (χ1) is 10.8. The van der Waals surface area contributed by atoms with E-state index >= 15 is 0 Å². The van der Waals surface area contributed by atoms with E-state index in [2.05, 4.69) is 15.4 Å². The summed E-state index contributed by atoms with van der Waals surface area (Å²) in [5, 5.41) is 24.3. The number of hydrogen-bond donors (Lipinski definition) is 3. The Morgan fingerprint density at radius 2 is 1.83 bits per heavy atom. The Morgan fingerprint density at radius 1 is 1.26 bits per heavy atom. The molecule has 1 atom stereocenters. The van der Waals surface area contributed by atoms with Crippen LogP contribution in [0.25, 0.3) is 0 Å². The average molecular weight is 325 g/mol. The van der Waals surface area contributed by atoms with E-state index in [-0.39, 0.29) is 17.7 Å². The zero-order valence-corrected chi connectivity index (χ0v) is 12.4. The maximum atomic E-state index is 12.1. The Bertz CT molecular complexity index is 644.